The number of aromatic nitrogens is 2. The van der Waals surface area contributed by atoms with Crippen molar-refractivity contribution in [2.45, 2.75) is 91.9 Å². The van der Waals surface area contributed by atoms with Gasteiger partial charge in [0.2, 0.25) is 0 Å². The molecule has 0 saturated heterocycles. The summed E-state index contributed by atoms with van der Waals surface area (Å²) in [6.45, 7) is 9.28. The number of ether oxygens (including phenoxy) is 2. The number of fused-ring (bicyclic) bond motifs is 4. The fourth-order valence-corrected chi connectivity index (χ4v) is 19.8. The van der Waals surface area contributed by atoms with Crippen LogP contribution in [0.15, 0.2) is 121 Å². The second kappa shape index (κ2) is 23.1. The molecule has 0 amide bonds. The third-order valence-electron chi connectivity index (χ3n) is 15.2. The molecule has 8 aromatic heterocycles. The number of benzene rings is 3. The van der Waals surface area contributed by atoms with Crippen molar-refractivity contribution in [3.8, 4) is 71.7 Å². The van der Waals surface area contributed by atoms with Crippen LogP contribution >= 0.6 is 90.7 Å². The minimum absolute atomic E-state index is 0.311. The smallest absolute Gasteiger partial charge is 0.344 e. The second-order valence-electron chi connectivity index (χ2n) is 20.5. The van der Waals surface area contributed by atoms with Gasteiger partial charge in [-0.05, 0) is 122 Å². The molecule has 2 aliphatic rings. The van der Waals surface area contributed by atoms with Gasteiger partial charge in [-0.15, -0.1) is 90.7 Å². The second-order valence-corrected chi connectivity index (χ2v) is 29.3. The summed E-state index contributed by atoms with van der Waals surface area (Å²) in [5.74, 6) is 1.92. The van der Waals surface area contributed by atoms with Crippen LogP contribution in [0.2, 0.25) is 0 Å². The maximum absolute atomic E-state index is 12.9. The number of hydrogen-bond donors (Lipinski definition) is 0. The zero-order chi connectivity index (χ0) is 54.4. The summed E-state index contributed by atoms with van der Waals surface area (Å²) in [6.07, 6.45) is 15.9. The van der Waals surface area contributed by atoms with Gasteiger partial charge in [-0.25, -0.2) is 19.6 Å². The summed E-state index contributed by atoms with van der Waals surface area (Å²) >= 11 is 14.4. The van der Waals surface area contributed by atoms with Crippen molar-refractivity contribution in [3.63, 3.8) is 0 Å². The van der Waals surface area contributed by atoms with Crippen LogP contribution in [0.3, 0.4) is 0 Å². The molecule has 0 saturated carbocycles. The van der Waals surface area contributed by atoms with Gasteiger partial charge in [0.05, 0.1) is 41.3 Å². The van der Waals surface area contributed by atoms with E-state index in [0.29, 0.717) is 34.5 Å². The van der Waals surface area contributed by atoms with E-state index in [1.54, 1.807) is 68.0 Å². The number of nitrogens with zero attached hydrogens (tertiary/aromatic N) is 2. The van der Waals surface area contributed by atoms with Gasteiger partial charge in [0.25, 0.3) is 0 Å². The minimum Gasteiger partial charge on any atom is -0.422 e. The van der Waals surface area contributed by atoms with Gasteiger partial charge in [-0.2, -0.15) is 0 Å². The fraction of sp³-hybridized carbons (Fsp3) is 0.242. The molecule has 14 heteroatoms. The summed E-state index contributed by atoms with van der Waals surface area (Å²) < 4.78 is 13.5. The van der Waals surface area contributed by atoms with Gasteiger partial charge in [-0.3, -0.25) is 0 Å². The summed E-state index contributed by atoms with van der Waals surface area (Å²) in [4.78, 5) is 51.6. The highest BCUT2D eigenvalue weighted by atomic mass is 32.1. The minimum atomic E-state index is -0.311. The van der Waals surface area contributed by atoms with Crippen LogP contribution in [-0.2, 0) is 22.4 Å². The normalized spacial score (nSPS) is 14.9. The Balaban J connectivity index is 0.920. The molecule has 11 aromatic rings. The average Bonchev–Trinajstić information content (AvgIpc) is 4.51. The monoisotopic (exact) mass is 1200 g/mol. The molecule has 10 heterocycles. The van der Waals surface area contributed by atoms with E-state index in [1.165, 1.54) is 101 Å². The van der Waals surface area contributed by atoms with Crippen molar-refractivity contribution in [2.75, 3.05) is 0 Å². The Labute approximate surface area is 498 Å². The Morgan fingerprint density at radius 3 is 1.27 bits per heavy atom. The van der Waals surface area contributed by atoms with E-state index in [-0.39, 0.29) is 11.9 Å². The van der Waals surface area contributed by atoms with Crippen LogP contribution in [0.4, 0.5) is 0 Å². The summed E-state index contributed by atoms with van der Waals surface area (Å²) in [6, 6.07) is 42.1. The SMILES string of the molecule is CCCCC(CC)Cc1ccc(-c2c3nc(-c4ccc(-c5ccc(/C=C6/C(=O)Oc7ccccc76)s5)s4)sc3c(-c3ccc(CC(CC)CCCC)s3)c3nc(-c4ccc(-c5ccc(/C=C6\C(=O)Oc7ccccc76)s5)s4)sc23)s1. The maximum Gasteiger partial charge on any atom is 0.344 e. The van der Waals surface area contributed by atoms with E-state index in [1.807, 2.05) is 83.4 Å². The van der Waals surface area contributed by atoms with Crippen molar-refractivity contribution in [2.24, 2.45) is 11.8 Å². The first-order valence-electron chi connectivity index (χ1n) is 27.6. The first kappa shape index (κ1) is 53.4. The lowest BCUT2D eigenvalue weighted by Gasteiger charge is -2.13. The van der Waals surface area contributed by atoms with E-state index < -0.39 is 0 Å². The Bertz CT molecular complexity index is 3860. The molecule has 2 unspecified atom stereocenters. The Hall–Kier alpha value is -5.94. The number of unbranched alkanes of at least 4 members (excludes halogenated alkanes) is 2. The van der Waals surface area contributed by atoms with Crippen molar-refractivity contribution in [1.82, 2.24) is 9.97 Å². The Morgan fingerprint density at radius 2 is 0.838 bits per heavy atom. The molecule has 0 radical (unpaired) electrons. The highest BCUT2D eigenvalue weighted by Crippen LogP contribution is 2.54. The van der Waals surface area contributed by atoms with Crippen molar-refractivity contribution >= 4 is 146 Å². The number of thiophene rings is 6. The molecule has 2 atom stereocenters. The van der Waals surface area contributed by atoms with Gasteiger partial charge in [-0.1, -0.05) is 115 Å². The molecule has 402 valence electrons. The average molecular weight is 1200 g/mol. The van der Waals surface area contributed by atoms with E-state index in [2.05, 4.69) is 100 Å². The third-order valence-corrected chi connectivity index (χ3v) is 24.6. The molecule has 0 aliphatic carbocycles. The highest BCUT2D eigenvalue weighted by Gasteiger charge is 2.30. The van der Waals surface area contributed by atoms with Gasteiger partial charge in [0.15, 0.2) is 0 Å². The Morgan fingerprint density at radius 1 is 0.438 bits per heavy atom. The standard InChI is InChI=1S/C66H56N2O4S8/c1-5-9-15-37(7-3)33-39-23-27-53(75-39)57-59-62(80-63(67-59)55-31-29-51(77-55)49-25-21-41(73-49)35-45-43-17-11-13-19-47(43)71-65(45)69)58(54-28-24-40(76-54)34-38(8-4)16-10-6-2)60-61(57)79-64(68-60)56-32-30-52(78-56)50-26-22-42(74-50)36-46-44-18-12-14-20-48(44)72-66(46)70/h11-14,17-32,35-38H,5-10,15-16,33-34H2,1-4H3/b45-35-,46-36+. The quantitative estimate of drug-likeness (QED) is 0.0430. The fourth-order valence-electron chi connectivity index (χ4n) is 10.8. The molecule has 80 heavy (non-hydrogen) atoms. The van der Waals surface area contributed by atoms with E-state index in [4.69, 9.17) is 19.4 Å². The third kappa shape index (κ3) is 10.5. The number of para-hydroxylation sites is 2. The molecule has 6 nitrogen and oxygen atoms in total. The topological polar surface area (TPSA) is 78.4 Å². The lowest BCUT2D eigenvalue weighted by molar-refractivity contribution is -0.127. The van der Waals surface area contributed by atoms with Gasteiger partial charge in [0, 0.05) is 71.0 Å². The number of carbonyl (C=O) groups excluding carboxylic acids is 2. The van der Waals surface area contributed by atoms with Crippen LogP contribution < -0.4 is 9.47 Å². The lowest BCUT2D eigenvalue weighted by atomic mass is 9.95. The molecule has 0 spiro atoms. The van der Waals surface area contributed by atoms with Crippen molar-refractivity contribution in [3.05, 3.63) is 152 Å². The number of hydrogen-bond acceptors (Lipinski definition) is 14. The summed E-state index contributed by atoms with van der Waals surface area (Å²) in [7, 11) is 0. The molecule has 0 N–H and O–H groups in total. The van der Waals surface area contributed by atoms with Crippen LogP contribution in [0, 0.1) is 11.8 Å². The van der Waals surface area contributed by atoms with Crippen LogP contribution in [0.25, 0.3) is 104 Å². The largest absolute Gasteiger partial charge is 0.422 e. The lowest BCUT2D eigenvalue weighted by Crippen LogP contribution is -2.01. The zero-order valence-electron chi connectivity index (χ0n) is 44.7. The zero-order valence-corrected chi connectivity index (χ0v) is 51.3. The number of esters is 2. The van der Waals surface area contributed by atoms with Crippen molar-refractivity contribution in [1.29, 1.82) is 0 Å². The van der Waals surface area contributed by atoms with E-state index in [0.717, 1.165) is 74.3 Å². The van der Waals surface area contributed by atoms with Crippen LogP contribution in [0.1, 0.15) is 110 Å². The van der Waals surface area contributed by atoms with Gasteiger partial charge >= 0.3 is 11.9 Å². The molecular formula is C66H56N2O4S8. The molecule has 3 aromatic carbocycles. The molecular weight excluding hydrogens is 1140 g/mol. The summed E-state index contributed by atoms with van der Waals surface area (Å²) in [5, 5.41) is 2.02. The predicted octanol–water partition coefficient (Wildman–Crippen LogP) is 21.7. The van der Waals surface area contributed by atoms with Gasteiger partial charge < -0.3 is 9.47 Å². The molecule has 0 fully saturated rings. The highest BCUT2D eigenvalue weighted by molar-refractivity contribution is 7.30. The first-order chi connectivity index (χ1) is 39.2. The van der Waals surface area contributed by atoms with Gasteiger partial charge in [0.1, 0.15) is 21.5 Å². The molecule has 13 rings (SSSR count). The number of carbonyl (C=O) groups is 2. The molecule has 2 aliphatic heterocycles. The maximum atomic E-state index is 12.9. The molecule has 0 bridgehead atoms. The van der Waals surface area contributed by atoms with E-state index in [9.17, 15) is 9.59 Å². The summed E-state index contributed by atoms with van der Waals surface area (Å²) in [5.41, 5.74) is 7.30. The van der Waals surface area contributed by atoms with E-state index >= 15 is 0 Å². The van der Waals surface area contributed by atoms with Crippen LogP contribution in [-0.4, -0.2) is 21.9 Å². The van der Waals surface area contributed by atoms with Crippen LogP contribution in [0.5, 0.6) is 11.5 Å². The number of thiazole rings is 2. The predicted molar refractivity (Wildman–Crippen MR) is 347 cm³/mol. The number of rotatable bonds is 20. The Kier molecular flexibility index (Phi) is 15.4. The first-order valence-corrected chi connectivity index (χ1v) is 34.2. The van der Waals surface area contributed by atoms with Crippen molar-refractivity contribution < 1.29 is 19.1 Å².